The van der Waals surface area contributed by atoms with Gasteiger partial charge >= 0.3 is 0 Å². The molecule has 4 rings (SSSR count). The number of halogens is 1. The fourth-order valence-electron chi connectivity index (χ4n) is 3.54. The summed E-state index contributed by atoms with van der Waals surface area (Å²) < 4.78 is 1.88. The van der Waals surface area contributed by atoms with Crippen LogP contribution in [-0.4, -0.2) is 14.5 Å². The maximum atomic E-state index is 13.1. The van der Waals surface area contributed by atoms with E-state index in [-0.39, 0.29) is 11.6 Å². The fraction of sp³-hybridized carbons (Fsp3) is 0.333. The van der Waals surface area contributed by atoms with Gasteiger partial charge in [0, 0.05) is 22.3 Å². The Bertz CT molecular complexity index is 935. The molecule has 23 heavy (non-hydrogen) atoms. The summed E-state index contributed by atoms with van der Waals surface area (Å²) in [6, 6.07) is 9.67. The van der Waals surface area contributed by atoms with Gasteiger partial charge in [-0.25, -0.2) is 4.98 Å². The van der Waals surface area contributed by atoms with Gasteiger partial charge in [0.15, 0.2) is 0 Å². The molecule has 118 valence electrons. The van der Waals surface area contributed by atoms with Crippen molar-refractivity contribution in [2.45, 2.75) is 38.6 Å². The predicted octanol–water partition coefficient (Wildman–Crippen LogP) is 4.47. The molecule has 1 aromatic carbocycles. The highest BCUT2D eigenvalue weighted by molar-refractivity contribution is 6.30. The van der Waals surface area contributed by atoms with Crippen LogP contribution in [0.4, 0.5) is 0 Å². The van der Waals surface area contributed by atoms with E-state index in [9.17, 15) is 4.79 Å². The second-order valence-corrected chi connectivity index (χ2v) is 6.71. The molecule has 2 aromatic heterocycles. The highest BCUT2D eigenvalue weighted by Gasteiger charge is 2.24. The summed E-state index contributed by atoms with van der Waals surface area (Å²) >= 11 is 6.15. The Balaban J connectivity index is 2.04. The lowest BCUT2D eigenvalue weighted by molar-refractivity contribution is 0.505. The van der Waals surface area contributed by atoms with Crippen LogP contribution in [-0.2, 0) is 0 Å². The summed E-state index contributed by atoms with van der Waals surface area (Å²) in [6.07, 6.45) is 4.39. The van der Waals surface area contributed by atoms with Gasteiger partial charge in [-0.3, -0.25) is 9.36 Å². The zero-order valence-electron chi connectivity index (χ0n) is 13.0. The molecule has 4 nitrogen and oxygen atoms in total. The van der Waals surface area contributed by atoms with Crippen LogP contribution in [0, 0.1) is 6.92 Å². The van der Waals surface area contributed by atoms with Crippen molar-refractivity contribution >= 4 is 22.6 Å². The smallest absolute Gasteiger partial charge is 0.263 e. The van der Waals surface area contributed by atoms with Crippen LogP contribution in [0.2, 0.25) is 5.02 Å². The minimum atomic E-state index is 0.0428. The molecule has 1 fully saturated rings. The molecule has 1 aliphatic carbocycles. The highest BCUT2D eigenvalue weighted by Crippen LogP contribution is 2.32. The molecule has 3 aromatic rings. The molecule has 0 saturated heterocycles. The Morgan fingerprint density at radius 3 is 2.78 bits per heavy atom. The molecule has 2 heterocycles. The number of hydrogen-bond acceptors (Lipinski definition) is 2. The zero-order valence-corrected chi connectivity index (χ0v) is 13.7. The number of rotatable bonds is 2. The van der Waals surface area contributed by atoms with Gasteiger partial charge in [0.2, 0.25) is 0 Å². The number of aryl methyl sites for hydroxylation is 1. The summed E-state index contributed by atoms with van der Waals surface area (Å²) in [7, 11) is 0. The van der Waals surface area contributed by atoms with Crippen LogP contribution >= 0.6 is 11.6 Å². The summed E-state index contributed by atoms with van der Waals surface area (Å²) in [4.78, 5) is 21.0. The topological polar surface area (TPSA) is 50.7 Å². The van der Waals surface area contributed by atoms with E-state index in [0.717, 1.165) is 36.9 Å². The molecule has 5 heteroatoms. The van der Waals surface area contributed by atoms with E-state index in [1.807, 2.05) is 41.8 Å². The van der Waals surface area contributed by atoms with E-state index >= 15 is 0 Å². The first-order valence-electron chi connectivity index (χ1n) is 8.01. The molecule has 0 spiro atoms. The predicted molar refractivity (Wildman–Crippen MR) is 93.0 cm³/mol. The number of aromatic amines is 1. The molecule has 1 saturated carbocycles. The van der Waals surface area contributed by atoms with E-state index in [1.165, 1.54) is 0 Å². The van der Waals surface area contributed by atoms with E-state index in [2.05, 4.69) is 4.98 Å². The molecule has 1 aliphatic rings. The van der Waals surface area contributed by atoms with Crippen molar-refractivity contribution in [3.63, 3.8) is 0 Å². The number of nitrogens with zero attached hydrogens (tertiary/aromatic N) is 2. The van der Waals surface area contributed by atoms with Crippen molar-refractivity contribution in [1.29, 1.82) is 0 Å². The lowest BCUT2D eigenvalue weighted by Gasteiger charge is -2.18. The number of fused-ring (bicyclic) bond motifs is 1. The van der Waals surface area contributed by atoms with Crippen molar-refractivity contribution in [3.05, 3.63) is 51.4 Å². The maximum absolute atomic E-state index is 13.1. The molecule has 0 atom stereocenters. The van der Waals surface area contributed by atoms with Crippen LogP contribution in [0.1, 0.15) is 37.4 Å². The minimum absolute atomic E-state index is 0.0428. The molecular formula is C18H18ClN3O. The number of H-pyrrole nitrogens is 1. The second-order valence-electron chi connectivity index (χ2n) is 6.27. The molecule has 0 radical (unpaired) electrons. The van der Waals surface area contributed by atoms with Gasteiger partial charge in [0.1, 0.15) is 11.5 Å². The van der Waals surface area contributed by atoms with Crippen molar-refractivity contribution in [2.24, 2.45) is 0 Å². The molecule has 1 N–H and O–H groups in total. The van der Waals surface area contributed by atoms with Crippen molar-refractivity contribution < 1.29 is 0 Å². The number of nitrogens with one attached hydrogen (secondary N) is 1. The van der Waals surface area contributed by atoms with Crippen molar-refractivity contribution in [3.8, 4) is 11.4 Å². The highest BCUT2D eigenvalue weighted by atomic mass is 35.5. The first-order chi connectivity index (χ1) is 11.1. The summed E-state index contributed by atoms with van der Waals surface area (Å²) in [5.74, 6) is 0.707. The molecular weight excluding hydrogens is 310 g/mol. The van der Waals surface area contributed by atoms with E-state index in [1.54, 1.807) is 0 Å². The lowest BCUT2D eigenvalue weighted by atomic mass is 10.1. The summed E-state index contributed by atoms with van der Waals surface area (Å²) in [6.45, 7) is 1.94. The Morgan fingerprint density at radius 2 is 2.04 bits per heavy atom. The lowest BCUT2D eigenvalue weighted by Crippen LogP contribution is -2.26. The third kappa shape index (κ3) is 2.47. The quantitative estimate of drug-likeness (QED) is 0.755. The van der Waals surface area contributed by atoms with Gasteiger partial charge in [-0.15, -0.1) is 0 Å². The first kappa shape index (κ1) is 14.5. The third-order valence-corrected chi connectivity index (χ3v) is 4.83. The number of benzene rings is 1. The standard InChI is InChI=1S/C18H18ClN3O/c1-11-9-15-16(20-11)21-17(12-5-4-6-13(19)10-12)22(18(15)23)14-7-2-3-8-14/h4-6,9-10,14,20H,2-3,7-8H2,1H3. The molecule has 0 unspecified atom stereocenters. The summed E-state index contributed by atoms with van der Waals surface area (Å²) in [5, 5.41) is 1.32. The van der Waals surface area contributed by atoms with Gasteiger partial charge in [-0.05, 0) is 38.0 Å². The van der Waals surface area contributed by atoms with Gasteiger partial charge < -0.3 is 4.98 Å². The summed E-state index contributed by atoms with van der Waals surface area (Å²) in [5.41, 5.74) is 2.53. The second kappa shape index (κ2) is 5.53. The van der Waals surface area contributed by atoms with Gasteiger partial charge in [-0.1, -0.05) is 36.6 Å². The van der Waals surface area contributed by atoms with Crippen molar-refractivity contribution in [1.82, 2.24) is 14.5 Å². The third-order valence-electron chi connectivity index (χ3n) is 4.60. The molecule has 0 bridgehead atoms. The first-order valence-corrected chi connectivity index (χ1v) is 8.39. The van der Waals surface area contributed by atoms with Crippen LogP contribution in [0.5, 0.6) is 0 Å². The van der Waals surface area contributed by atoms with Crippen LogP contribution in [0.3, 0.4) is 0 Å². The number of aromatic nitrogens is 3. The van der Waals surface area contributed by atoms with Gasteiger partial charge in [-0.2, -0.15) is 0 Å². The molecule has 0 amide bonds. The number of hydrogen-bond donors (Lipinski definition) is 1. The average Bonchev–Trinajstić information content (AvgIpc) is 3.16. The van der Waals surface area contributed by atoms with Gasteiger partial charge in [0.25, 0.3) is 5.56 Å². The maximum Gasteiger partial charge on any atom is 0.263 e. The fourth-order valence-corrected chi connectivity index (χ4v) is 3.73. The Kier molecular flexibility index (Phi) is 3.49. The minimum Gasteiger partial charge on any atom is -0.343 e. The Morgan fingerprint density at radius 1 is 1.26 bits per heavy atom. The van der Waals surface area contributed by atoms with E-state index in [4.69, 9.17) is 16.6 Å². The SMILES string of the molecule is Cc1cc2c(=O)n(C3CCCC3)c(-c3cccc(Cl)c3)nc2[nH]1. The van der Waals surface area contributed by atoms with Crippen LogP contribution in [0.15, 0.2) is 35.1 Å². The Hall–Kier alpha value is -2.07. The van der Waals surface area contributed by atoms with Crippen molar-refractivity contribution in [2.75, 3.05) is 0 Å². The van der Waals surface area contributed by atoms with E-state index < -0.39 is 0 Å². The Labute approximate surface area is 139 Å². The normalized spacial score (nSPS) is 15.6. The van der Waals surface area contributed by atoms with Crippen LogP contribution < -0.4 is 5.56 Å². The molecule has 0 aliphatic heterocycles. The van der Waals surface area contributed by atoms with Gasteiger partial charge in [0.05, 0.1) is 5.39 Å². The average molecular weight is 328 g/mol. The monoisotopic (exact) mass is 327 g/mol. The van der Waals surface area contributed by atoms with E-state index in [0.29, 0.717) is 21.9 Å². The van der Waals surface area contributed by atoms with Crippen LogP contribution in [0.25, 0.3) is 22.4 Å². The largest absolute Gasteiger partial charge is 0.343 e. The zero-order chi connectivity index (χ0) is 16.0.